The van der Waals surface area contributed by atoms with Crippen molar-refractivity contribution >= 4 is 11.3 Å². The zero-order valence-corrected chi connectivity index (χ0v) is 16.4. The third-order valence-electron chi connectivity index (χ3n) is 5.27. The monoisotopic (exact) mass is 397 g/mol. The molecular weight excluding hydrogens is 374 g/mol. The number of benzene rings is 1. The van der Waals surface area contributed by atoms with E-state index < -0.39 is 0 Å². The molecule has 0 bridgehead atoms. The van der Waals surface area contributed by atoms with Crippen LogP contribution in [-0.4, -0.2) is 36.3 Å². The second-order valence-corrected chi connectivity index (χ2v) is 7.98. The van der Waals surface area contributed by atoms with E-state index in [0.717, 1.165) is 59.7 Å². The first-order chi connectivity index (χ1) is 13.9. The SMILES string of the molecule is c1coc(C(CNCc2csc(-c3ccc4c(c3)OCO4)n2)N2CCCC2)c1. The van der Waals surface area contributed by atoms with Gasteiger partial charge < -0.3 is 19.2 Å². The molecule has 0 aliphatic carbocycles. The van der Waals surface area contributed by atoms with Crippen LogP contribution in [0.4, 0.5) is 0 Å². The number of furan rings is 1. The first-order valence-corrected chi connectivity index (χ1v) is 10.6. The zero-order valence-electron chi connectivity index (χ0n) is 15.6. The average molecular weight is 398 g/mol. The maximum Gasteiger partial charge on any atom is 0.231 e. The lowest BCUT2D eigenvalue weighted by molar-refractivity contribution is 0.174. The Hall–Kier alpha value is -2.35. The molecule has 1 N–H and O–H groups in total. The van der Waals surface area contributed by atoms with Crippen molar-refractivity contribution in [3.63, 3.8) is 0 Å². The third kappa shape index (κ3) is 3.65. The molecule has 1 unspecified atom stereocenters. The summed E-state index contributed by atoms with van der Waals surface area (Å²) in [4.78, 5) is 7.29. The summed E-state index contributed by atoms with van der Waals surface area (Å²) in [6.07, 6.45) is 4.29. The smallest absolute Gasteiger partial charge is 0.231 e. The Morgan fingerprint density at radius 1 is 1.14 bits per heavy atom. The van der Waals surface area contributed by atoms with Crippen LogP contribution >= 0.6 is 11.3 Å². The van der Waals surface area contributed by atoms with Gasteiger partial charge in [0.1, 0.15) is 10.8 Å². The van der Waals surface area contributed by atoms with Gasteiger partial charge in [-0.05, 0) is 56.3 Å². The largest absolute Gasteiger partial charge is 0.468 e. The molecule has 2 aromatic heterocycles. The number of nitrogens with zero attached hydrogens (tertiary/aromatic N) is 2. The highest BCUT2D eigenvalue weighted by molar-refractivity contribution is 7.13. The van der Waals surface area contributed by atoms with Crippen molar-refractivity contribution in [1.82, 2.24) is 15.2 Å². The topological polar surface area (TPSA) is 59.8 Å². The minimum absolute atomic E-state index is 0.282. The van der Waals surface area contributed by atoms with Gasteiger partial charge in [0, 0.05) is 24.0 Å². The molecule has 1 fully saturated rings. The number of fused-ring (bicyclic) bond motifs is 1. The Kier molecular flexibility index (Phi) is 5.03. The molecular formula is C21H23N3O3S. The molecule has 5 rings (SSSR count). The van der Waals surface area contributed by atoms with Crippen molar-refractivity contribution in [3.8, 4) is 22.1 Å². The molecule has 4 heterocycles. The Morgan fingerprint density at radius 2 is 2.04 bits per heavy atom. The van der Waals surface area contributed by atoms with Crippen molar-refractivity contribution in [1.29, 1.82) is 0 Å². The lowest BCUT2D eigenvalue weighted by Gasteiger charge is -2.26. The number of nitrogens with one attached hydrogen (secondary N) is 1. The van der Waals surface area contributed by atoms with Crippen molar-refractivity contribution in [2.75, 3.05) is 26.4 Å². The summed E-state index contributed by atoms with van der Waals surface area (Å²) in [7, 11) is 0. The standard InChI is InChI=1S/C21H23N3O3S/c1-2-8-24(7-1)17(18-4-3-9-25-18)12-22-11-16-13-28-21(23-16)15-5-6-19-20(10-15)27-14-26-19/h3-6,9-10,13,17,22H,1-2,7-8,11-12,14H2. The number of hydrogen-bond acceptors (Lipinski definition) is 7. The fraction of sp³-hybridized carbons (Fsp3) is 0.381. The summed E-state index contributed by atoms with van der Waals surface area (Å²) in [5, 5.41) is 6.68. The molecule has 1 aromatic carbocycles. The summed E-state index contributed by atoms with van der Waals surface area (Å²) >= 11 is 1.65. The Labute approximate surface area is 168 Å². The van der Waals surface area contributed by atoms with Gasteiger partial charge >= 0.3 is 0 Å². The highest BCUT2D eigenvalue weighted by atomic mass is 32.1. The van der Waals surface area contributed by atoms with Gasteiger partial charge in [-0.25, -0.2) is 4.98 Å². The van der Waals surface area contributed by atoms with E-state index in [1.165, 1.54) is 12.8 Å². The van der Waals surface area contributed by atoms with E-state index in [0.29, 0.717) is 6.79 Å². The lowest BCUT2D eigenvalue weighted by Crippen LogP contribution is -2.33. The van der Waals surface area contributed by atoms with Crippen LogP contribution < -0.4 is 14.8 Å². The number of thiazole rings is 1. The van der Waals surface area contributed by atoms with Crippen LogP contribution in [0, 0.1) is 0 Å². The van der Waals surface area contributed by atoms with E-state index in [9.17, 15) is 0 Å². The van der Waals surface area contributed by atoms with Crippen LogP contribution in [0.3, 0.4) is 0 Å². The second kappa shape index (κ2) is 7.95. The van der Waals surface area contributed by atoms with Gasteiger partial charge in [0.15, 0.2) is 11.5 Å². The maximum absolute atomic E-state index is 5.69. The molecule has 6 nitrogen and oxygen atoms in total. The number of rotatable bonds is 7. The molecule has 1 saturated heterocycles. The lowest BCUT2D eigenvalue weighted by atomic mass is 10.2. The highest BCUT2D eigenvalue weighted by Crippen LogP contribution is 2.36. The molecule has 2 aliphatic rings. The molecule has 0 saturated carbocycles. The van der Waals surface area contributed by atoms with Crippen molar-refractivity contribution < 1.29 is 13.9 Å². The Balaban J connectivity index is 1.22. The average Bonchev–Trinajstić information content (AvgIpc) is 3.52. The van der Waals surface area contributed by atoms with Gasteiger partial charge in [0.25, 0.3) is 0 Å². The number of likely N-dealkylation sites (tertiary alicyclic amines) is 1. The minimum atomic E-state index is 0.282. The number of hydrogen-bond donors (Lipinski definition) is 1. The molecule has 7 heteroatoms. The molecule has 146 valence electrons. The first kappa shape index (κ1) is 17.7. The van der Waals surface area contributed by atoms with E-state index in [2.05, 4.69) is 21.7 Å². The van der Waals surface area contributed by atoms with Gasteiger partial charge in [-0.15, -0.1) is 11.3 Å². The summed E-state index contributed by atoms with van der Waals surface area (Å²) < 4.78 is 16.5. The normalized spacial score (nSPS) is 17.3. The summed E-state index contributed by atoms with van der Waals surface area (Å²) in [5.74, 6) is 2.63. The van der Waals surface area contributed by atoms with Crippen molar-refractivity contribution in [2.24, 2.45) is 0 Å². The van der Waals surface area contributed by atoms with Gasteiger partial charge in [-0.3, -0.25) is 4.90 Å². The van der Waals surface area contributed by atoms with Crippen LogP contribution in [0.15, 0.2) is 46.4 Å². The van der Waals surface area contributed by atoms with Crippen LogP contribution in [-0.2, 0) is 6.54 Å². The molecule has 1 atom stereocenters. The molecule has 2 aliphatic heterocycles. The fourth-order valence-electron chi connectivity index (χ4n) is 3.83. The predicted octanol–water partition coefficient (Wildman–Crippen LogP) is 4.06. The molecule has 0 radical (unpaired) electrons. The highest BCUT2D eigenvalue weighted by Gasteiger charge is 2.25. The van der Waals surface area contributed by atoms with Crippen LogP contribution in [0.2, 0.25) is 0 Å². The van der Waals surface area contributed by atoms with Crippen LogP contribution in [0.5, 0.6) is 11.5 Å². The number of aromatic nitrogens is 1. The van der Waals surface area contributed by atoms with Crippen molar-refractivity contribution in [3.05, 3.63) is 53.4 Å². The van der Waals surface area contributed by atoms with Crippen LogP contribution in [0.1, 0.15) is 30.3 Å². The van der Waals surface area contributed by atoms with E-state index in [1.54, 1.807) is 17.6 Å². The quantitative estimate of drug-likeness (QED) is 0.649. The minimum Gasteiger partial charge on any atom is -0.468 e. The summed E-state index contributed by atoms with van der Waals surface area (Å²) in [6.45, 7) is 4.16. The van der Waals surface area contributed by atoms with Crippen LogP contribution in [0.25, 0.3) is 10.6 Å². The molecule has 0 amide bonds. The number of ether oxygens (including phenoxy) is 2. The zero-order chi connectivity index (χ0) is 18.8. The second-order valence-electron chi connectivity index (χ2n) is 7.12. The van der Waals surface area contributed by atoms with Gasteiger partial charge in [0.2, 0.25) is 6.79 Å². The predicted molar refractivity (Wildman–Crippen MR) is 108 cm³/mol. The summed E-state index contributed by atoms with van der Waals surface area (Å²) in [5.41, 5.74) is 2.11. The Morgan fingerprint density at radius 3 is 2.89 bits per heavy atom. The fourth-order valence-corrected chi connectivity index (χ4v) is 4.65. The first-order valence-electron chi connectivity index (χ1n) is 9.69. The third-order valence-corrected chi connectivity index (χ3v) is 6.21. The van der Waals surface area contributed by atoms with E-state index >= 15 is 0 Å². The molecule has 28 heavy (non-hydrogen) atoms. The summed E-state index contributed by atoms with van der Waals surface area (Å²) in [6, 6.07) is 10.3. The van der Waals surface area contributed by atoms with Gasteiger partial charge in [-0.2, -0.15) is 0 Å². The Bertz CT molecular complexity index is 919. The van der Waals surface area contributed by atoms with E-state index in [1.807, 2.05) is 24.3 Å². The van der Waals surface area contributed by atoms with E-state index in [4.69, 9.17) is 18.9 Å². The van der Waals surface area contributed by atoms with Gasteiger partial charge in [-0.1, -0.05) is 0 Å². The van der Waals surface area contributed by atoms with Gasteiger partial charge in [0.05, 0.1) is 18.0 Å². The maximum atomic E-state index is 5.69. The molecule has 0 spiro atoms. The van der Waals surface area contributed by atoms with E-state index in [-0.39, 0.29) is 6.04 Å². The van der Waals surface area contributed by atoms with Crippen molar-refractivity contribution in [2.45, 2.75) is 25.4 Å². The molecule has 3 aromatic rings.